The third-order valence-corrected chi connectivity index (χ3v) is 2.84. The number of aromatic nitrogens is 4. The summed E-state index contributed by atoms with van der Waals surface area (Å²) in [5.74, 6) is 0.373. The molecular formula is C10H9BrN4O2. The van der Waals surface area contributed by atoms with Crippen LogP contribution < -0.4 is 5.56 Å². The van der Waals surface area contributed by atoms with Crippen LogP contribution in [0.2, 0.25) is 0 Å². The van der Waals surface area contributed by atoms with Crippen LogP contribution in [-0.4, -0.2) is 27.0 Å². The Bertz CT molecular complexity index is 570. The molecule has 0 aliphatic carbocycles. The van der Waals surface area contributed by atoms with Gasteiger partial charge in [0.05, 0.1) is 18.5 Å². The highest BCUT2D eigenvalue weighted by Gasteiger charge is 2.10. The number of hydrogen-bond acceptors (Lipinski definition) is 5. The lowest BCUT2D eigenvalue weighted by molar-refractivity contribution is 0.180. The molecule has 2 aromatic rings. The van der Waals surface area contributed by atoms with Gasteiger partial charge in [-0.3, -0.25) is 9.78 Å². The number of aromatic amines is 1. The van der Waals surface area contributed by atoms with Crippen molar-refractivity contribution in [2.45, 2.75) is 6.61 Å². The molecule has 0 amide bonds. The van der Waals surface area contributed by atoms with Crippen molar-refractivity contribution >= 4 is 15.9 Å². The van der Waals surface area contributed by atoms with Crippen molar-refractivity contribution in [2.24, 2.45) is 0 Å². The highest BCUT2D eigenvalue weighted by Crippen LogP contribution is 2.14. The van der Waals surface area contributed by atoms with E-state index in [4.69, 9.17) is 4.74 Å². The van der Waals surface area contributed by atoms with Crippen LogP contribution in [0.15, 0.2) is 27.9 Å². The van der Waals surface area contributed by atoms with Crippen molar-refractivity contribution in [3.05, 3.63) is 39.1 Å². The van der Waals surface area contributed by atoms with Crippen LogP contribution in [0.5, 0.6) is 0 Å². The van der Waals surface area contributed by atoms with Crippen molar-refractivity contribution in [3.63, 3.8) is 0 Å². The van der Waals surface area contributed by atoms with E-state index in [0.29, 0.717) is 21.7 Å². The van der Waals surface area contributed by atoms with Crippen molar-refractivity contribution < 1.29 is 4.74 Å². The molecule has 17 heavy (non-hydrogen) atoms. The van der Waals surface area contributed by atoms with E-state index in [-0.39, 0.29) is 12.2 Å². The summed E-state index contributed by atoms with van der Waals surface area (Å²) < 4.78 is 5.34. The standard InChI is InChI=1S/C10H9BrN4O2/c1-17-5-7-8(11)10(16)15-9(14-7)6-4-12-2-3-13-6/h2-4H,5H2,1H3,(H,14,15,16). The van der Waals surface area contributed by atoms with E-state index in [2.05, 4.69) is 35.9 Å². The zero-order chi connectivity index (χ0) is 12.3. The number of H-pyrrole nitrogens is 1. The highest BCUT2D eigenvalue weighted by atomic mass is 79.9. The Morgan fingerprint density at radius 1 is 1.47 bits per heavy atom. The molecule has 0 aliphatic heterocycles. The molecule has 0 aromatic carbocycles. The first-order valence-corrected chi connectivity index (χ1v) is 5.55. The largest absolute Gasteiger partial charge is 0.378 e. The van der Waals surface area contributed by atoms with E-state index in [1.165, 1.54) is 19.5 Å². The van der Waals surface area contributed by atoms with Crippen LogP contribution in [0.4, 0.5) is 0 Å². The average Bonchev–Trinajstić information content (AvgIpc) is 2.36. The molecule has 2 rings (SSSR count). The van der Waals surface area contributed by atoms with Crippen LogP contribution in [-0.2, 0) is 11.3 Å². The predicted molar refractivity (Wildman–Crippen MR) is 64.3 cm³/mol. The van der Waals surface area contributed by atoms with Gasteiger partial charge in [0.25, 0.3) is 5.56 Å². The summed E-state index contributed by atoms with van der Waals surface area (Å²) in [5.41, 5.74) is 0.763. The Morgan fingerprint density at radius 2 is 2.29 bits per heavy atom. The van der Waals surface area contributed by atoms with Crippen molar-refractivity contribution in [3.8, 4) is 11.5 Å². The molecule has 0 bridgehead atoms. The van der Waals surface area contributed by atoms with Crippen LogP contribution in [0, 0.1) is 0 Å². The zero-order valence-electron chi connectivity index (χ0n) is 8.98. The summed E-state index contributed by atoms with van der Waals surface area (Å²) in [4.78, 5) is 26.5. The fraction of sp³-hybridized carbons (Fsp3) is 0.200. The first-order chi connectivity index (χ1) is 8.22. The van der Waals surface area contributed by atoms with Crippen LogP contribution in [0.3, 0.4) is 0 Å². The predicted octanol–water partition coefficient (Wildman–Crippen LogP) is 1.14. The molecule has 2 heterocycles. The minimum atomic E-state index is -0.271. The number of nitrogens with one attached hydrogen (secondary N) is 1. The second kappa shape index (κ2) is 5.15. The molecule has 0 saturated heterocycles. The van der Waals surface area contributed by atoms with Gasteiger partial charge in [-0.15, -0.1) is 0 Å². The lowest BCUT2D eigenvalue weighted by Gasteiger charge is -2.04. The molecule has 88 valence electrons. The number of nitrogens with zero attached hydrogens (tertiary/aromatic N) is 3. The average molecular weight is 297 g/mol. The highest BCUT2D eigenvalue weighted by molar-refractivity contribution is 9.10. The quantitative estimate of drug-likeness (QED) is 0.918. The maximum Gasteiger partial charge on any atom is 0.265 e. The molecule has 6 nitrogen and oxygen atoms in total. The molecule has 1 N–H and O–H groups in total. The van der Waals surface area contributed by atoms with Gasteiger partial charge in [0.2, 0.25) is 0 Å². The first kappa shape index (κ1) is 11.9. The van der Waals surface area contributed by atoms with Gasteiger partial charge < -0.3 is 9.72 Å². The summed E-state index contributed by atoms with van der Waals surface area (Å²) in [6, 6.07) is 0. The second-order valence-electron chi connectivity index (χ2n) is 3.20. The fourth-order valence-electron chi connectivity index (χ4n) is 1.28. The van der Waals surface area contributed by atoms with Crippen molar-refractivity contribution in [1.82, 2.24) is 19.9 Å². The van der Waals surface area contributed by atoms with Gasteiger partial charge in [0.1, 0.15) is 10.2 Å². The minimum absolute atomic E-state index is 0.248. The molecule has 0 radical (unpaired) electrons. The van der Waals surface area contributed by atoms with E-state index in [9.17, 15) is 4.79 Å². The Morgan fingerprint density at radius 3 is 2.94 bits per heavy atom. The Hall–Kier alpha value is -1.60. The van der Waals surface area contributed by atoms with Crippen molar-refractivity contribution in [1.29, 1.82) is 0 Å². The summed E-state index contributed by atoms with van der Waals surface area (Å²) in [5, 5.41) is 0. The molecule has 0 fully saturated rings. The lowest BCUT2D eigenvalue weighted by Crippen LogP contribution is -2.14. The first-order valence-electron chi connectivity index (χ1n) is 4.76. The second-order valence-corrected chi connectivity index (χ2v) is 3.99. The Labute approximate surface area is 105 Å². The minimum Gasteiger partial charge on any atom is -0.378 e. The Balaban J connectivity index is 2.53. The molecule has 0 atom stereocenters. The van der Waals surface area contributed by atoms with Gasteiger partial charge in [0, 0.05) is 19.5 Å². The van der Waals surface area contributed by atoms with E-state index < -0.39 is 0 Å². The molecule has 2 aromatic heterocycles. The zero-order valence-corrected chi connectivity index (χ0v) is 10.6. The summed E-state index contributed by atoms with van der Waals surface area (Å²) >= 11 is 3.17. The SMILES string of the molecule is COCc1nc(-c2cnccn2)[nH]c(=O)c1Br. The summed E-state index contributed by atoms with van der Waals surface area (Å²) in [6.45, 7) is 0.248. The molecule has 0 saturated carbocycles. The fourth-order valence-corrected chi connectivity index (χ4v) is 1.58. The Kier molecular flexibility index (Phi) is 3.60. The third-order valence-electron chi connectivity index (χ3n) is 2.02. The smallest absolute Gasteiger partial charge is 0.265 e. The summed E-state index contributed by atoms with van der Waals surface area (Å²) in [6.07, 6.45) is 4.62. The number of hydrogen-bond donors (Lipinski definition) is 1. The van der Waals surface area contributed by atoms with Crippen LogP contribution >= 0.6 is 15.9 Å². The molecule has 0 spiro atoms. The topological polar surface area (TPSA) is 80.8 Å². The van der Waals surface area contributed by atoms with E-state index >= 15 is 0 Å². The number of methoxy groups -OCH3 is 1. The normalized spacial score (nSPS) is 10.5. The number of halogens is 1. The summed E-state index contributed by atoms with van der Waals surface area (Å²) in [7, 11) is 1.54. The van der Waals surface area contributed by atoms with Crippen molar-refractivity contribution in [2.75, 3.05) is 7.11 Å². The van der Waals surface area contributed by atoms with Gasteiger partial charge in [-0.25, -0.2) is 9.97 Å². The van der Waals surface area contributed by atoms with Gasteiger partial charge in [-0.1, -0.05) is 0 Å². The lowest BCUT2D eigenvalue weighted by atomic mass is 10.3. The maximum atomic E-state index is 11.7. The van der Waals surface area contributed by atoms with E-state index in [0.717, 1.165) is 0 Å². The van der Waals surface area contributed by atoms with Gasteiger partial charge in [-0.2, -0.15) is 0 Å². The van der Waals surface area contributed by atoms with Gasteiger partial charge in [-0.05, 0) is 15.9 Å². The van der Waals surface area contributed by atoms with E-state index in [1.807, 2.05) is 0 Å². The molecular weight excluding hydrogens is 288 g/mol. The number of rotatable bonds is 3. The van der Waals surface area contributed by atoms with Crippen LogP contribution in [0.1, 0.15) is 5.69 Å². The number of ether oxygens (including phenoxy) is 1. The van der Waals surface area contributed by atoms with Gasteiger partial charge in [0.15, 0.2) is 5.82 Å². The molecule has 7 heteroatoms. The van der Waals surface area contributed by atoms with Gasteiger partial charge >= 0.3 is 0 Å². The third kappa shape index (κ3) is 2.56. The molecule has 0 unspecified atom stereocenters. The van der Waals surface area contributed by atoms with Crippen LogP contribution in [0.25, 0.3) is 11.5 Å². The monoisotopic (exact) mass is 296 g/mol. The van der Waals surface area contributed by atoms with E-state index in [1.54, 1.807) is 6.20 Å². The maximum absolute atomic E-state index is 11.7. The molecule has 0 aliphatic rings.